The van der Waals surface area contributed by atoms with Crippen LogP contribution in [0.2, 0.25) is 0 Å². The predicted octanol–water partition coefficient (Wildman–Crippen LogP) is 4.78. The van der Waals surface area contributed by atoms with Gasteiger partial charge in [-0.15, -0.1) is 0 Å². The maximum absolute atomic E-state index is 1.64. The van der Waals surface area contributed by atoms with Gasteiger partial charge in [0, 0.05) is 0 Å². The molecule has 0 unspecified atom stereocenters. The zero-order chi connectivity index (χ0) is 10.6. The maximum Gasteiger partial charge on any atom is -0.0261 e. The van der Waals surface area contributed by atoms with Crippen molar-refractivity contribution in [3.05, 3.63) is 0 Å². The van der Waals surface area contributed by atoms with Crippen LogP contribution >= 0.6 is 0 Å². The van der Waals surface area contributed by atoms with E-state index in [0.717, 1.165) is 29.1 Å². The second-order valence-electron chi connectivity index (χ2n) is 7.61. The van der Waals surface area contributed by atoms with Crippen LogP contribution in [0.5, 0.6) is 0 Å². The molecule has 90 valence electrons. The van der Waals surface area contributed by atoms with Gasteiger partial charge in [0.1, 0.15) is 0 Å². The van der Waals surface area contributed by atoms with E-state index in [2.05, 4.69) is 0 Å². The molecule has 5 aliphatic carbocycles. The summed E-state index contributed by atoms with van der Waals surface area (Å²) in [5, 5.41) is 0. The third-order valence-electron chi connectivity index (χ3n) is 6.56. The zero-order valence-corrected chi connectivity index (χ0v) is 10.6. The van der Waals surface area contributed by atoms with Crippen molar-refractivity contribution < 1.29 is 0 Å². The normalized spacial score (nSPS) is 52.1. The van der Waals surface area contributed by atoms with Crippen molar-refractivity contribution in [2.45, 2.75) is 70.6 Å². The molecule has 0 aromatic rings. The average molecular weight is 218 g/mol. The van der Waals surface area contributed by atoms with Gasteiger partial charge in [-0.2, -0.15) is 0 Å². The quantitative estimate of drug-likeness (QED) is 0.594. The molecule has 0 spiro atoms. The van der Waals surface area contributed by atoms with Crippen LogP contribution in [0, 0.1) is 29.1 Å². The van der Waals surface area contributed by atoms with Crippen molar-refractivity contribution in [1.29, 1.82) is 0 Å². The summed E-state index contributed by atoms with van der Waals surface area (Å²) in [6.45, 7) is 0. The predicted molar refractivity (Wildman–Crippen MR) is 67.2 cm³/mol. The molecule has 16 heavy (non-hydrogen) atoms. The number of rotatable bonds is 1. The van der Waals surface area contributed by atoms with E-state index in [4.69, 9.17) is 0 Å². The second-order valence-corrected chi connectivity index (χ2v) is 7.61. The largest absolute Gasteiger partial charge is 0.0533 e. The Labute approximate surface area is 100 Å². The molecule has 0 N–H and O–H groups in total. The van der Waals surface area contributed by atoms with Crippen molar-refractivity contribution in [3.8, 4) is 0 Å². The first kappa shape index (κ1) is 9.97. The Hall–Kier alpha value is 0. The summed E-state index contributed by atoms with van der Waals surface area (Å²) in [5.41, 5.74) is 0.870. The second kappa shape index (κ2) is 3.50. The van der Waals surface area contributed by atoms with Gasteiger partial charge >= 0.3 is 0 Å². The summed E-state index contributed by atoms with van der Waals surface area (Å²) >= 11 is 0. The Balaban J connectivity index is 1.60. The SMILES string of the molecule is C1CCC(C23CC4CC(CC(C4)C2)C3)CC1. The van der Waals surface area contributed by atoms with Crippen LogP contribution in [0.25, 0.3) is 0 Å². The minimum Gasteiger partial charge on any atom is -0.0533 e. The third-order valence-corrected chi connectivity index (χ3v) is 6.56. The molecule has 0 saturated heterocycles. The van der Waals surface area contributed by atoms with E-state index in [1.54, 1.807) is 64.2 Å². The fourth-order valence-electron chi connectivity index (χ4n) is 6.39. The molecule has 5 saturated carbocycles. The summed E-state index contributed by atoms with van der Waals surface area (Å²) in [7, 11) is 0. The van der Waals surface area contributed by atoms with E-state index < -0.39 is 0 Å². The van der Waals surface area contributed by atoms with E-state index in [0.29, 0.717) is 0 Å². The minimum absolute atomic E-state index is 0.870. The van der Waals surface area contributed by atoms with Gasteiger partial charge in [-0.3, -0.25) is 0 Å². The standard InChI is InChI=1S/C16H26/c1-2-4-15(5-3-1)16-9-12-6-13(10-16)8-14(7-12)11-16/h12-15H,1-11H2. The van der Waals surface area contributed by atoms with Crippen LogP contribution in [0.15, 0.2) is 0 Å². The lowest BCUT2D eigenvalue weighted by atomic mass is 9.45. The van der Waals surface area contributed by atoms with E-state index in [1.807, 2.05) is 0 Å². The highest BCUT2D eigenvalue weighted by atomic mass is 14.6. The summed E-state index contributed by atoms with van der Waals surface area (Å²) in [4.78, 5) is 0. The van der Waals surface area contributed by atoms with Gasteiger partial charge in [0.15, 0.2) is 0 Å². The van der Waals surface area contributed by atoms with E-state index in [9.17, 15) is 0 Å². The Morgan fingerprint density at radius 3 is 1.62 bits per heavy atom. The third kappa shape index (κ3) is 1.41. The summed E-state index contributed by atoms with van der Waals surface area (Å²) in [6.07, 6.45) is 17.6. The highest BCUT2D eigenvalue weighted by Crippen LogP contribution is 2.64. The van der Waals surface area contributed by atoms with Gasteiger partial charge in [0.05, 0.1) is 0 Å². The van der Waals surface area contributed by atoms with Gasteiger partial charge in [-0.1, -0.05) is 19.3 Å². The molecule has 5 aliphatic rings. The first-order valence-corrected chi connectivity index (χ1v) is 7.84. The summed E-state index contributed by atoms with van der Waals surface area (Å²) in [6, 6.07) is 0. The molecular formula is C16H26. The van der Waals surface area contributed by atoms with Crippen molar-refractivity contribution in [1.82, 2.24) is 0 Å². The monoisotopic (exact) mass is 218 g/mol. The highest BCUT2D eigenvalue weighted by Gasteiger charge is 2.53. The summed E-state index contributed by atoms with van der Waals surface area (Å²) < 4.78 is 0. The molecule has 0 amide bonds. The number of hydrogen-bond donors (Lipinski definition) is 0. The van der Waals surface area contributed by atoms with E-state index in [1.165, 1.54) is 6.42 Å². The molecule has 4 bridgehead atoms. The molecule has 0 aromatic carbocycles. The van der Waals surface area contributed by atoms with Crippen LogP contribution in [-0.2, 0) is 0 Å². The first-order chi connectivity index (χ1) is 7.84. The average Bonchev–Trinajstić information content (AvgIpc) is 2.28. The maximum atomic E-state index is 1.64. The van der Waals surface area contributed by atoms with Crippen molar-refractivity contribution in [2.24, 2.45) is 29.1 Å². The van der Waals surface area contributed by atoms with Gasteiger partial charge in [-0.05, 0) is 80.5 Å². The fraction of sp³-hybridized carbons (Fsp3) is 1.00. The lowest BCUT2D eigenvalue weighted by Crippen LogP contribution is -2.49. The van der Waals surface area contributed by atoms with Crippen molar-refractivity contribution in [2.75, 3.05) is 0 Å². The van der Waals surface area contributed by atoms with Gasteiger partial charge < -0.3 is 0 Å². The molecule has 0 aromatic heterocycles. The molecule has 0 heterocycles. The van der Waals surface area contributed by atoms with E-state index in [-0.39, 0.29) is 0 Å². The topological polar surface area (TPSA) is 0 Å². The van der Waals surface area contributed by atoms with E-state index >= 15 is 0 Å². The lowest BCUT2D eigenvalue weighted by molar-refractivity contribution is -0.0949. The van der Waals surface area contributed by atoms with Crippen molar-refractivity contribution in [3.63, 3.8) is 0 Å². The Morgan fingerprint density at radius 1 is 0.625 bits per heavy atom. The summed E-state index contributed by atoms with van der Waals surface area (Å²) in [5.74, 6) is 4.63. The molecule has 0 heteroatoms. The Kier molecular flexibility index (Phi) is 2.18. The molecular weight excluding hydrogens is 192 g/mol. The van der Waals surface area contributed by atoms with Crippen LogP contribution < -0.4 is 0 Å². The van der Waals surface area contributed by atoms with Crippen LogP contribution in [0.1, 0.15) is 70.6 Å². The highest BCUT2D eigenvalue weighted by molar-refractivity contribution is 5.04. The molecule has 0 nitrogen and oxygen atoms in total. The molecule has 0 aliphatic heterocycles. The molecule has 0 atom stereocenters. The Bertz CT molecular complexity index is 236. The molecule has 0 radical (unpaired) electrons. The van der Waals surface area contributed by atoms with Gasteiger partial charge in [0.25, 0.3) is 0 Å². The smallest absolute Gasteiger partial charge is 0.0261 e. The first-order valence-electron chi connectivity index (χ1n) is 7.84. The molecule has 5 rings (SSSR count). The van der Waals surface area contributed by atoms with Gasteiger partial charge in [0.2, 0.25) is 0 Å². The fourth-order valence-corrected chi connectivity index (χ4v) is 6.39. The van der Waals surface area contributed by atoms with Gasteiger partial charge in [-0.25, -0.2) is 0 Å². The molecule has 5 fully saturated rings. The number of hydrogen-bond acceptors (Lipinski definition) is 0. The van der Waals surface area contributed by atoms with Crippen molar-refractivity contribution >= 4 is 0 Å². The van der Waals surface area contributed by atoms with Crippen LogP contribution in [0.4, 0.5) is 0 Å². The lowest BCUT2D eigenvalue weighted by Gasteiger charge is -2.60. The van der Waals surface area contributed by atoms with Crippen LogP contribution in [0.3, 0.4) is 0 Å². The Morgan fingerprint density at radius 2 is 1.12 bits per heavy atom. The minimum atomic E-state index is 0.870. The zero-order valence-electron chi connectivity index (χ0n) is 10.6. The van der Waals surface area contributed by atoms with Crippen LogP contribution in [-0.4, -0.2) is 0 Å².